The molecule has 0 aliphatic carbocycles. The maximum Gasteiger partial charge on any atom is 0.239 e. The van der Waals surface area contributed by atoms with Crippen LogP contribution in [0.2, 0.25) is 10.0 Å². The summed E-state index contributed by atoms with van der Waals surface area (Å²) in [5.74, 6) is -0.197. The molecule has 30 heavy (non-hydrogen) atoms. The number of amides is 1. The second kappa shape index (κ2) is 9.13. The Kier molecular flexibility index (Phi) is 6.33. The molecule has 0 spiro atoms. The fourth-order valence-electron chi connectivity index (χ4n) is 2.52. The van der Waals surface area contributed by atoms with Crippen LogP contribution in [0.1, 0.15) is 6.92 Å². The van der Waals surface area contributed by atoms with E-state index in [0.29, 0.717) is 26.0 Å². The van der Waals surface area contributed by atoms with Crippen LogP contribution in [0.5, 0.6) is 0 Å². The summed E-state index contributed by atoms with van der Waals surface area (Å²) < 4.78 is 1.60. The van der Waals surface area contributed by atoms with Gasteiger partial charge >= 0.3 is 0 Å². The van der Waals surface area contributed by atoms with Gasteiger partial charge in [0.05, 0.1) is 26.7 Å². The SMILES string of the molecule is CC(Sc1nnnn1-c1ccccc1)C(=O)Nc1nc(-c2ccc(Cl)c(Cl)c2)cs1. The Morgan fingerprint density at radius 3 is 2.73 bits per heavy atom. The lowest BCUT2D eigenvalue weighted by Crippen LogP contribution is -2.22. The van der Waals surface area contributed by atoms with Gasteiger partial charge in [-0.15, -0.1) is 16.4 Å². The van der Waals surface area contributed by atoms with Gasteiger partial charge in [0.2, 0.25) is 11.1 Å². The molecule has 2 aromatic heterocycles. The standard InChI is InChI=1S/C19H14Cl2N6OS2/c1-11(30-19-24-25-26-27(19)13-5-3-2-4-6-13)17(28)23-18-22-16(10-29-18)12-7-8-14(20)15(21)9-12/h2-11H,1H3,(H,22,23,28). The fraction of sp³-hybridized carbons (Fsp3) is 0.105. The van der Waals surface area contributed by atoms with Gasteiger partial charge in [0.1, 0.15) is 0 Å². The van der Waals surface area contributed by atoms with Gasteiger partial charge in [-0.3, -0.25) is 4.79 Å². The number of thioether (sulfide) groups is 1. The molecule has 4 rings (SSSR count). The minimum absolute atomic E-state index is 0.197. The van der Waals surface area contributed by atoms with E-state index in [1.807, 2.05) is 41.8 Å². The van der Waals surface area contributed by atoms with Crippen molar-refractivity contribution in [1.82, 2.24) is 25.2 Å². The Balaban J connectivity index is 1.43. The zero-order valence-electron chi connectivity index (χ0n) is 15.5. The van der Waals surface area contributed by atoms with Crippen LogP contribution in [0.25, 0.3) is 16.9 Å². The Morgan fingerprint density at radius 2 is 1.97 bits per heavy atom. The van der Waals surface area contributed by atoms with Crippen LogP contribution in [-0.2, 0) is 4.79 Å². The second-order valence-electron chi connectivity index (χ2n) is 6.12. The number of para-hydroxylation sites is 1. The lowest BCUT2D eigenvalue weighted by molar-refractivity contribution is -0.115. The van der Waals surface area contributed by atoms with E-state index in [0.717, 1.165) is 11.3 Å². The first-order valence-corrected chi connectivity index (χ1v) is 11.2. The molecule has 0 radical (unpaired) electrons. The van der Waals surface area contributed by atoms with E-state index in [-0.39, 0.29) is 5.91 Å². The van der Waals surface area contributed by atoms with Crippen molar-refractivity contribution in [3.63, 3.8) is 0 Å². The number of rotatable bonds is 6. The first-order chi connectivity index (χ1) is 14.5. The molecular formula is C19H14Cl2N6OS2. The third-order valence-corrected chi connectivity index (χ3v) is 6.57. The second-order valence-corrected chi connectivity index (χ2v) is 9.11. The van der Waals surface area contributed by atoms with Crippen molar-refractivity contribution in [1.29, 1.82) is 0 Å². The highest BCUT2D eigenvalue weighted by atomic mass is 35.5. The number of benzene rings is 2. The lowest BCUT2D eigenvalue weighted by Gasteiger charge is -2.10. The van der Waals surface area contributed by atoms with Gasteiger partial charge in [0.15, 0.2) is 5.13 Å². The third kappa shape index (κ3) is 4.65. The number of hydrogen-bond acceptors (Lipinski definition) is 7. The van der Waals surface area contributed by atoms with Crippen LogP contribution in [0.4, 0.5) is 5.13 Å². The summed E-state index contributed by atoms with van der Waals surface area (Å²) in [6, 6.07) is 14.8. The van der Waals surface area contributed by atoms with Gasteiger partial charge in [-0.1, -0.05) is 59.2 Å². The van der Waals surface area contributed by atoms with E-state index < -0.39 is 5.25 Å². The highest BCUT2D eigenvalue weighted by Crippen LogP contribution is 2.31. The number of hydrogen-bond donors (Lipinski definition) is 1. The van der Waals surface area contributed by atoms with E-state index in [1.54, 1.807) is 23.7 Å². The van der Waals surface area contributed by atoms with Crippen LogP contribution < -0.4 is 5.32 Å². The summed E-state index contributed by atoms with van der Waals surface area (Å²) in [5, 5.41) is 18.0. The van der Waals surface area contributed by atoms with Crippen molar-refractivity contribution in [3.05, 3.63) is 64.0 Å². The first-order valence-electron chi connectivity index (χ1n) is 8.73. The summed E-state index contributed by atoms with van der Waals surface area (Å²) in [7, 11) is 0. The number of anilines is 1. The number of carbonyl (C=O) groups excluding carboxylic acids is 1. The van der Waals surface area contributed by atoms with Crippen molar-refractivity contribution in [2.45, 2.75) is 17.3 Å². The molecule has 0 aliphatic heterocycles. The predicted molar refractivity (Wildman–Crippen MR) is 121 cm³/mol. The Labute approximate surface area is 190 Å². The number of aromatic nitrogens is 5. The number of nitrogens with zero attached hydrogens (tertiary/aromatic N) is 5. The summed E-state index contributed by atoms with van der Waals surface area (Å²) in [6.07, 6.45) is 0. The normalized spacial score (nSPS) is 12.0. The van der Waals surface area contributed by atoms with Crippen molar-refractivity contribution >= 4 is 57.3 Å². The number of halogens is 2. The summed E-state index contributed by atoms with van der Waals surface area (Å²) >= 11 is 14.6. The van der Waals surface area contributed by atoms with E-state index in [4.69, 9.17) is 23.2 Å². The molecule has 0 saturated heterocycles. The maximum absolute atomic E-state index is 12.6. The number of tetrazole rings is 1. The topological polar surface area (TPSA) is 85.6 Å². The maximum atomic E-state index is 12.6. The van der Waals surface area contributed by atoms with Crippen LogP contribution in [0.3, 0.4) is 0 Å². The van der Waals surface area contributed by atoms with E-state index in [9.17, 15) is 4.79 Å². The monoisotopic (exact) mass is 476 g/mol. The molecule has 0 aliphatic rings. The van der Waals surface area contributed by atoms with Gasteiger partial charge in [0.25, 0.3) is 0 Å². The number of carbonyl (C=O) groups is 1. The zero-order chi connectivity index (χ0) is 21.1. The summed E-state index contributed by atoms with van der Waals surface area (Å²) in [4.78, 5) is 17.1. The third-order valence-electron chi connectivity index (χ3n) is 4.04. The molecule has 1 unspecified atom stereocenters. The lowest BCUT2D eigenvalue weighted by atomic mass is 10.2. The Morgan fingerprint density at radius 1 is 1.17 bits per heavy atom. The summed E-state index contributed by atoms with van der Waals surface area (Å²) in [6.45, 7) is 1.79. The number of nitrogens with one attached hydrogen (secondary N) is 1. The largest absolute Gasteiger partial charge is 0.301 e. The van der Waals surface area contributed by atoms with Gasteiger partial charge < -0.3 is 5.32 Å². The number of thiazole rings is 1. The minimum Gasteiger partial charge on any atom is -0.301 e. The molecule has 0 fully saturated rings. The zero-order valence-corrected chi connectivity index (χ0v) is 18.6. The molecule has 11 heteroatoms. The molecule has 1 N–H and O–H groups in total. The Hall–Kier alpha value is -2.46. The van der Waals surface area contributed by atoms with Gasteiger partial charge in [-0.2, -0.15) is 4.68 Å². The van der Waals surface area contributed by atoms with Crippen molar-refractivity contribution in [2.75, 3.05) is 5.32 Å². The average Bonchev–Trinajstić information content (AvgIpc) is 3.40. The van der Waals surface area contributed by atoms with Gasteiger partial charge in [-0.05, 0) is 41.6 Å². The van der Waals surface area contributed by atoms with Crippen LogP contribution in [0, 0.1) is 0 Å². The molecule has 0 saturated carbocycles. The molecule has 2 aromatic carbocycles. The van der Waals surface area contributed by atoms with Crippen molar-refractivity contribution < 1.29 is 4.79 Å². The highest BCUT2D eigenvalue weighted by Gasteiger charge is 2.20. The molecule has 2 heterocycles. The van der Waals surface area contributed by atoms with Gasteiger partial charge in [0, 0.05) is 10.9 Å². The first kappa shape index (κ1) is 20.8. The molecule has 152 valence electrons. The summed E-state index contributed by atoms with van der Waals surface area (Å²) in [5.41, 5.74) is 2.36. The molecule has 7 nitrogen and oxygen atoms in total. The van der Waals surface area contributed by atoms with Crippen LogP contribution >= 0.6 is 46.3 Å². The van der Waals surface area contributed by atoms with Crippen molar-refractivity contribution in [3.8, 4) is 16.9 Å². The highest BCUT2D eigenvalue weighted by molar-refractivity contribution is 8.00. The molecule has 1 amide bonds. The van der Waals surface area contributed by atoms with E-state index >= 15 is 0 Å². The molecule has 1 atom stereocenters. The molecule has 0 bridgehead atoms. The molecular weight excluding hydrogens is 463 g/mol. The quantitative estimate of drug-likeness (QED) is 0.384. The minimum atomic E-state index is -0.434. The van der Waals surface area contributed by atoms with Gasteiger partial charge in [-0.25, -0.2) is 4.98 Å². The van der Waals surface area contributed by atoms with Crippen LogP contribution in [0.15, 0.2) is 59.1 Å². The smallest absolute Gasteiger partial charge is 0.239 e. The van der Waals surface area contributed by atoms with Crippen LogP contribution in [-0.4, -0.2) is 36.3 Å². The van der Waals surface area contributed by atoms with E-state index in [2.05, 4.69) is 25.8 Å². The fourth-order valence-corrected chi connectivity index (χ4v) is 4.35. The predicted octanol–water partition coefficient (Wildman–Crippen LogP) is 5.21. The Bertz CT molecular complexity index is 1180. The molecule has 4 aromatic rings. The van der Waals surface area contributed by atoms with Crippen molar-refractivity contribution in [2.24, 2.45) is 0 Å². The van der Waals surface area contributed by atoms with E-state index in [1.165, 1.54) is 23.1 Å². The average molecular weight is 477 g/mol.